The number of nitrogens with zero attached hydrogens (tertiary/aromatic N) is 2. The van der Waals surface area contributed by atoms with Crippen LogP contribution in [-0.4, -0.2) is 11.3 Å². The lowest BCUT2D eigenvalue weighted by Crippen LogP contribution is -2.07. The largest absolute Gasteiger partial charge is 0.331 e. The molecule has 1 aliphatic heterocycles. The molecule has 3 nitrogen and oxygen atoms in total. The molecule has 14 heavy (non-hydrogen) atoms. The molecule has 1 aliphatic rings. The Labute approximate surface area is 81.5 Å². The minimum atomic E-state index is 0.722. The average Bonchev–Trinajstić information content (AvgIpc) is 2.26. The van der Waals surface area contributed by atoms with Gasteiger partial charge in [0.1, 0.15) is 5.82 Å². The van der Waals surface area contributed by atoms with Crippen LogP contribution in [0.1, 0.15) is 5.56 Å². The quantitative estimate of drug-likeness (QED) is 0.679. The summed E-state index contributed by atoms with van der Waals surface area (Å²) in [6, 6.07) is 10.2. The minimum Gasteiger partial charge on any atom is -0.331 e. The molecule has 0 amide bonds. The van der Waals surface area contributed by atoms with Crippen molar-refractivity contribution in [1.82, 2.24) is 4.98 Å². The van der Waals surface area contributed by atoms with E-state index in [1.54, 1.807) is 6.34 Å². The maximum Gasteiger partial charge on any atom is 0.136 e. The van der Waals surface area contributed by atoms with Crippen LogP contribution in [0.2, 0.25) is 0 Å². The van der Waals surface area contributed by atoms with Gasteiger partial charge in [0, 0.05) is 10.9 Å². The summed E-state index contributed by atoms with van der Waals surface area (Å²) in [5, 5.41) is 4.22. The van der Waals surface area contributed by atoms with Gasteiger partial charge in [-0.3, -0.25) is 4.99 Å². The number of anilines is 1. The lowest BCUT2D eigenvalue weighted by Gasteiger charge is -2.11. The van der Waals surface area contributed by atoms with E-state index in [1.165, 1.54) is 5.39 Å². The van der Waals surface area contributed by atoms with Crippen molar-refractivity contribution in [3.8, 4) is 0 Å². The van der Waals surface area contributed by atoms with Crippen molar-refractivity contribution in [3.05, 3.63) is 35.9 Å². The number of nitrogens with one attached hydrogen (secondary N) is 1. The van der Waals surface area contributed by atoms with Crippen LogP contribution in [0.4, 0.5) is 5.82 Å². The molecule has 1 N–H and O–H groups in total. The van der Waals surface area contributed by atoms with Gasteiger partial charge in [-0.15, -0.1) is 0 Å². The Morgan fingerprint density at radius 1 is 1.21 bits per heavy atom. The zero-order valence-corrected chi connectivity index (χ0v) is 7.57. The first kappa shape index (κ1) is 7.50. The fourth-order valence-corrected chi connectivity index (χ4v) is 1.66. The SMILES string of the molecule is C1=NCc2cc3ccccc3nc2N1. The molecule has 3 rings (SSSR count). The Hall–Kier alpha value is -1.90. The molecule has 0 saturated heterocycles. The summed E-state index contributed by atoms with van der Waals surface area (Å²) < 4.78 is 0. The van der Waals surface area contributed by atoms with Crippen molar-refractivity contribution in [2.24, 2.45) is 4.99 Å². The van der Waals surface area contributed by atoms with Gasteiger partial charge in [-0.2, -0.15) is 0 Å². The van der Waals surface area contributed by atoms with Gasteiger partial charge >= 0.3 is 0 Å². The Kier molecular flexibility index (Phi) is 1.50. The third-order valence-electron chi connectivity index (χ3n) is 2.36. The van der Waals surface area contributed by atoms with Crippen molar-refractivity contribution in [1.29, 1.82) is 0 Å². The van der Waals surface area contributed by atoms with Crippen LogP contribution in [0.25, 0.3) is 10.9 Å². The van der Waals surface area contributed by atoms with E-state index in [4.69, 9.17) is 0 Å². The summed E-state index contributed by atoms with van der Waals surface area (Å²) >= 11 is 0. The Morgan fingerprint density at radius 2 is 2.14 bits per heavy atom. The maximum absolute atomic E-state index is 4.51. The highest BCUT2D eigenvalue weighted by molar-refractivity contribution is 5.86. The number of para-hydroxylation sites is 1. The van der Waals surface area contributed by atoms with E-state index < -0.39 is 0 Å². The fraction of sp³-hybridized carbons (Fsp3) is 0.0909. The lowest BCUT2D eigenvalue weighted by molar-refractivity contribution is 1.05. The van der Waals surface area contributed by atoms with E-state index in [0.29, 0.717) is 0 Å². The van der Waals surface area contributed by atoms with Crippen molar-refractivity contribution in [3.63, 3.8) is 0 Å². The van der Waals surface area contributed by atoms with Gasteiger partial charge < -0.3 is 5.32 Å². The molecule has 0 bridgehead atoms. The molecule has 0 unspecified atom stereocenters. The Morgan fingerprint density at radius 3 is 3.14 bits per heavy atom. The van der Waals surface area contributed by atoms with E-state index in [1.807, 2.05) is 18.2 Å². The lowest BCUT2D eigenvalue weighted by atomic mass is 10.1. The third-order valence-corrected chi connectivity index (χ3v) is 2.36. The third kappa shape index (κ3) is 1.06. The molecule has 2 heterocycles. The van der Waals surface area contributed by atoms with Crippen LogP contribution in [0.3, 0.4) is 0 Å². The normalized spacial score (nSPS) is 13.7. The fourth-order valence-electron chi connectivity index (χ4n) is 1.66. The molecule has 68 valence electrons. The van der Waals surface area contributed by atoms with Crippen LogP contribution in [0, 0.1) is 0 Å². The summed E-state index contributed by atoms with van der Waals surface area (Å²) in [6.07, 6.45) is 1.70. The summed E-state index contributed by atoms with van der Waals surface area (Å²) in [7, 11) is 0. The van der Waals surface area contributed by atoms with Gasteiger partial charge in [0.25, 0.3) is 0 Å². The first-order valence-corrected chi connectivity index (χ1v) is 4.57. The monoisotopic (exact) mass is 183 g/mol. The van der Waals surface area contributed by atoms with Crippen LogP contribution in [0.15, 0.2) is 35.3 Å². The van der Waals surface area contributed by atoms with Crippen LogP contribution >= 0.6 is 0 Å². The molecule has 0 spiro atoms. The van der Waals surface area contributed by atoms with Gasteiger partial charge in [0.15, 0.2) is 0 Å². The number of hydrogen-bond acceptors (Lipinski definition) is 3. The average molecular weight is 183 g/mol. The van der Waals surface area contributed by atoms with Crippen molar-refractivity contribution in [2.45, 2.75) is 6.54 Å². The summed E-state index contributed by atoms with van der Waals surface area (Å²) in [5.74, 6) is 0.929. The number of pyridine rings is 1. The molecule has 1 aromatic heterocycles. The zero-order chi connectivity index (χ0) is 9.38. The molecule has 0 aliphatic carbocycles. The highest BCUT2D eigenvalue weighted by Crippen LogP contribution is 2.22. The van der Waals surface area contributed by atoms with Gasteiger partial charge in [-0.05, 0) is 12.1 Å². The van der Waals surface area contributed by atoms with E-state index in [9.17, 15) is 0 Å². The predicted molar refractivity (Wildman–Crippen MR) is 57.6 cm³/mol. The van der Waals surface area contributed by atoms with Gasteiger partial charge in [0.05, 0.1) is 18.4 Å². The van der Waals surface area contributed by atoms with E-state index in [0.717, 1.165) is 23.4 Å². The molecular formula is C11H9N3. The highest BCUT2D eigenvalue weighted by Gasteiger charge is 2.07. The van der Waals surface area contributed by atoms with Crippen LogP contribution in [-0.2, 0) is 6.54 Å². The second-order valence-electron chi connectivity index (χ2n) is 3.30. The van der Waals surface area contributed by atoms with E-state index in [-0.39, 0.29) is 0 Å². The number of rotatable bonds is 0. The summed E-state index contributed by atoms with van der Waals surface area (Å²) in [5.41, 5.74) is 2.18. The zero-order valence-electron chi connectivity index (χ0n) is 7.57. The molecule has 0 fully saturated rings. The number of fused-ring (bicyclic) bond motifs is 2. The molecule has 0 radical (unpaired) electrons. The van der Waals surface area contributed by atoms with Crippen molar-refractivity contribution >= 4 is 23.1 Å². The van der Waals surface area contributed by atoms with Crippen LogP contribution in [0.5, 0.6) is 0 Å². The predicted octanol–water partition coefficient (Wildman–Crippen LogP) is 2.19. The smallest absolute Gasteiger partial charge is 0.136 e. The van der Waals surface area contributed by atoms with E-state index >= 15 is 0 Å². The van der Waals surface area contributed by atoms with Gasteiger partial charge in [-0.25, -0.2) is 4.98 Å². The topological polar surface area (TPSA) is 37.3 Å². The van der Waals surface area contributed by atoms with Crippen LogP contribution < -0.4 is 5.32 Å². The maximum atomic E-state index is 4.51. The molecule has 0 saturated carbocycles. The second-order valence-corrected chi connectivity index (χ2v) is 3.30. The number of aromatic nitrogens is 1. The van der Waals surface area contributed by atoms with Gasteiger partial charge in [0.2, 0.25) is 0 Å². The minimum absolute atomic E-state index is 0.722. The van der Waals surface area contributed by atoms with Crippen molar-refractivity contribution in [2.75, 3.05) is 5.32 Å². The number of benzene rings is 1. The summed E-state index contributed by atoms with van der Waals surface area (Å²) in [4.78, 5) is 8.66. The first-order valence-electron chi connectivity index (χ1n) is 4.57. The standard InChI is InChI=1S/C11H9N3/c1-2-4-10-8(3-1)5-9-6-12-7-13-11(9)14-10/h1-5,7H,6H2,(H,12,13,14). The van der Waals surface area contributed by atoms with Gasteiger partial charge in [-0.1, -0.05) is 18.2 Å². The molecule has 0 atom stereocenters. The summed E-state index contributed by atoms with van der Waals surface area (Å²) in [6.45, 7) is 0.722. The molecule has 2 aromatic rings. The second kappa shape index (κ2) is 2.80. The van der Waals surface area contributed by atoms with E-state index in [2.05, 4.69) is 27.4 Å². The molecular weight excluding hydrogens is 174 g/mol. The first-order chi connectivity index (χ1) is 6.93. The number of hydrogen-bond donors (Lipinski definition) is 1. The highest BCUT2D eigenvalue weighted by atomic mass is 15.0. The number of aliphatic imine (C=N–C) groups is 1. The Bertz CT molecular complexity index is 470. The Balaban J connectivity index is 2.30. The van der Waals surface area contributed by atoms with Crippen molar-refractivity contribution < 1.29 is 0 Å². The molecule has 1 aromatic carbocycles. The molecule has 3 heteroatoms.